The van der Waals surface area contributed by atoms with Crippen molar-refractivity contribution in [2.24, 2.45) is 0 Å². The fourth-order valence-electron chi connectivity index (χ4n) is 3.09. The molecular formula is C21H15F3N4O2S. The van der Waals surface area contributed by atoms with E-state index in [1.54, 1.807) is 18.2 Å². The molecule has 10 heteroatoms. The van der Waals surface area contributed by atoms with Gasteiger partial charge in [-0.3, -0.25) is 4.98 Å². The number of alkyl halides is 3. The predicted octanol–water partition coefficient (Wildman–Crippen LogP) is 4.86. The minimum absolute atomic E-state index is 0.179. The number of nitrogens with one attached hydrogen (secondary N) is 1. The molecule has 4 rings (SSSR count). The van der Waals surface area contributed by atoms with E-state index in [4.69, 9.17) is 0 Å². The van der Waals surface area contributed by atoms with E-state index in [1.807, 2.05) is 0 Å². The van der Waals surface area contributed by atoms with Gasteiger partial charge in [0.25, 0.3) is 0 Å². The van der Waals surface area contributed by atoms with E-state index in [2.05, 4.69) is 20.3 Å². The number of anilines is 2. The van der Waals surface area contributed by atoms with Gasteiger partial charge in [-0.1, -0.05) is 6.07 Å². The number of sulfone groups is 1. The summed E-state index contributed by atoms with van der Waals surface area (Å²) in [5.41, 5.74) is 0.304. The molecule has 0 amide bonds. The Morgan fingerprint density at radius 1 is 0.935 bits per heavy atom. The number of rotatable bonds is 4. The van der Waals surface area contributed by atoms with Gasteiger partial charge >= 0.3 is 6.18 Å². The normalized spacial score (nSPS) is 12.1. The monoisotopic (exact) mass is 444 g/mol. The Morgan fingerprint density at radius 2 is 1.68 bits per heavy atom. The first-order valence-corrected chi connectivity index (χ1v) is 10.9. The van der Waals surface area contributed by atoms with E-state index in [1.165, 1.54) is 42.9 Å². The van der Waals surface area contributed by atoms with Crippen LogP contribution in [0, 0.1) is 0 Å². The van der Waals surface area contributed by atoms with Gasteiger partial charge in [0.05, 0.1) is 21.7 Å². The summed E-state index contributed by atoms with van der Waals surface area (Å²) in [6, 6.07) is 13.0. The van der Waals surface area contributed by atoms with Crippen molar-refractivity contribution in [2.75, 3.05) is 11.6 Å². The van der Waals surface area contributed by atoms with Crippen LogP contribution in [0.1, 0.15) is 5.56 Å². The lowest BCUT2D eigenvalue weighted by molar-refractivity contribution is -0.137. The summed E-state index contributed by atoms with van der Waals surface area (Å²) in [6.45, 7) is 0. The standard InChI is InChI=1S/C21H15F3N4O2S/c1-31(29,30)15-7-5-14(6-8-15)28-20-16-9-4-13(11-18(16)26-12-27-20)19-17(21(22,23)24)3-2-10-25-19/h2-12H,1H3,(H,26,27,28). The van der Waals surface area contributed by atoms with E-state index in [0.29, 0.717) is 22.4 Å². The lowest BCUT2D eigenvalue weighted by atomic mass is 10.0. The van der Waals surface area contributed by atoms with Gasteiger partial charge in [0.2, 0.25) is 0 Å². The minimum Gasteiger partial charge on any atom is -0.340 e. The molecule has 0 unspecified atom stereocenters. The highest BCUT2D eigenvalue weighted by molar-refractivity contribution is 7.90. The first-order valence-electron chi connectivity index (χ1n) is 8.97. The van der Waals surface area contributed by atoms with Gasteiger partial charge in [-0.2, -0.15) is 13.2 Å². The van der Waals surface area contributed by atoms with Gasteiger partial charge < -0.3 is 5.32 Å². The summed E-state index contributed by atoms with van der Waals surface area (Å²) in [5, 5.41) is 3.66. The van der Waals surface area contributed by atoms with E-state index >= 15 is 0 Å². The molecule has 6 nitrogen and oxygen atoms in total. The number of fused-ring (bicyclic) bond motifs is 1. The van der Waals surface area contributed by atoms with Gasteiger partial charge in [0.1, 0.15) is 12.1 Å². The zero-order chi connectivity index (χ0) is 22.2. The van der Waals surface area contributed by atoms with E-state index in [0.717, 1.165) is 12.3 Å². The fourth-order valence-corrected chi connectivity index (χ4v) is 3.72. The molecule has 31 heavy (non-hydrogen) atoms. The van der Waals surface area contributed by atoms with E-state index in [-0.39, 0.29) is 16.2 Å². The second kappa shape index (κ2) is 7.62. The van der Waals surface area contributed by atoms with Gasteiger partial charge in [0.15, 0.2) is 9.84 Å². The number of aromatic nitrogens is 3. The molecule has 0 aliphatic carbocycles. The summed E-state index contributed by atoms with van der Waals surface area (Å²) in [7, 11) is -3.31. The Kier molecular flexibility index (Phi) is 5.10. The van der Waals surface area contributed by atoms with Crippen molar-refractivity contribution in [3.8, 4) is 11.3 Å². The third-order valence-corrected chi connectivity index (χ3v) is 5.70. The average molecular weight is 444 g/mol. The molecule has 1 N–H and O–H groups in total. The Hall–Kier alpha value is -3.53. The molecule has 0 fully saturated rings. The second-order valence-corrected chi connectivity index (χ2v) is 8.79. The predicted molar refractivity (Wildman–Crippen MR) is 111 cm³/mol. The maximum absolute atomic E-state index is 13.3. The molecule has 158 valence electrons. The molecule has 0 aliphatic rings. The van der Waals surface area contributed by atoms with Crippen LogP contribution in [0.5, 0.6) is 0 Å². The van der Waals surface area contributed by atoms with Crippen molar-refractivity contribution in [1.82, 2.24) is 15.0 Å². The van der Waals surface area contributed by atoms with Gasteiger partial charge in [-0.05, 0) is 48.5 Å². The molecule has 2 heterocycles. The number of hydrogen-bond donors (Lipinski definition) is 1. The van der Waals surface area contributed by atoms with Crippen LogP contribution in [-0.4, -0.2) is 29.6 Å². The topological polar surface area (TPSA) is 84.8 Å². The van der Waals surface area contributed by atoms with Crippen molar-refractivity contribution in [1.29, 1.82) is 0 Å². The van der Waals surface area contributed by atoms with Crippen molar-refractivity contribution < 1.29 is 21.6 Å². The highest BCUT2D eigenvalue weighted by atomic mass is 32.2. The van der Waals surface area contributed by atoms with Crippen LogP contribution < -0.4 is 5.32 Å². The maximum atomic E-state index is 13.3. The average Bonchev–Trinajstić information content (AvgIpc) is 2.73. The highest BCUT2D eigenvalue weighted by Crippen LogP contribution is 2.36. The molecule has 0 spiro atoms. The first-order chi connectivity index (χ1) is 14.6. The number of pyridine rings is 1. The molecule has 4 aromatic rings. The molecule has 2 aromatic heterocycles. The number of nitrogens with zero attached hydrogens (tertiary/aromatic N) is 3. The fraction of sp³-hybridized carbons (Fsp3) is 0.0952. The first kappa shape index (κ1) is 20.7. The Labute approximate surface area is 175 Å². The largest absolute Gasteiger partial charge is 0.418 e. The maximum Gasteiger partial charge on any atom is 0.418 e. The molecule has 0 radical (unpaired) electrons. The minimum atomic E-state index is -4.53. The van der Waals surface area contributed by atoms with Crippen molar-refractivity contribution in [2.45, 2.75) is 11.1 Å². The SMILES string of the molecule is CS(=O)(=O)c1ccc(Nc2ncnc3cc(-c4ncccc4C(F)(F)F)ccc23)cc1. The number of hydrogen-bond acceptors (Lipinski definition) is 6. The Morgan fingerprint density at radius 3 is 2.35 bits per heavy atom. The third kappa shape index (κ3) is 4.33. The molecule has 0 saturated carbocycles. The third-order valence-electron chi connectivity index (χ3n) is 4.57. The lowest BCUT2D eigenvalue weighted by Crippen LogP contribution is -2.08. The van der Waals surface area contributed by atoms with Crippen LogP contribution in [0.15, 0.2) is 72.0 Å². The second-order valence-electron chi connectivity index (χ2n) is 6.77. The van der Waals surface area contributed by atoms with Crippen LogP contribution in [0.3, 0.4) is 0 Å². The van der Waals surface area contributed by atoms with Crippen LogP contribution in [-0.2, 0) is 16.0 Å². The van der Waals surface area contributed by atoms with Crippen molar-refractivity contribution >= 4 is 32.2 Å². The zero-order valence-electron chi connectivity index (χ0n) is 16.1. The van der Waals surface area contributed by atoms with E-state index in [9.17, 15) is 21.6 Å². The van der Waals surface area contributed by atoms with Crippen molar-refractivity contribution in [3.05, 3.63) is 72.7 Å². The van der Waals surface area contributed by atoms with Crippen LogP contribution in [0.25, 0.3) is 22.2 Å². The van der Waals surface area contributed by atoms with Crippen LogP contribution in [0.2, 0.25) is 0 Å². The van der Waals surface area contributed by atoms with Gasteiger partial charge in [-0.25, -0.2) is 18.4 Å². The van der Waals surface area contributed by atoms with Crippen LogP contribution >= 0.6 is 0 Å². The van der Waals surface area contributed by atoms with Gasteiger partial charge in [-0.15, -0.1) is 0 Å². The summed E-state index contributed by atoms with van der Waals surface area (Å²) in [5.74, 6) is 0.431. The van der Waals surface area contributed by atoms with Crippen molar-refractivity contribution in [3.63, 3.8) is 0 Å². The lowest BCUT2D eigenvalue weighted by Gasteiger charge is -2.13. The summed E-state index contributed by atoms with van der Waals surface area (Å²) < 4.78 is 63.2. The highest BCUT2D eigenvalue weighted by Gasteiger charge is 2.34. The molecule has 0 aliphatic heterocycles. The zero-order valence-corrected chi connectivity index (χ0v) is 16.9. The molecule has 2 aromatic carbocycles. The summed E-state index contributed by atoms with van der Waals surface area (Å²) >= 11 is 0. The number of benzene rings is 2. The van der Waals surface area contributed by atoms with Gasteiger partial charge in [0, 0.05) is 29.1 Å². The molecule has 0 atom stereocenters. The van der Waals surface area contributed by atoms with Crippen LogP contribution in [0.4, 0.5) is 24.7 Å². The summed E-state index contributed by atoms with van der Waals surface area (Å²) in [6.07, 6.45) is -0.809. The molecule has 0 bridgehead atoms. The summed E-state index contributed by atoms with van der Waals surface area (Å²) in [4.78, 5) is 12.5. The molecule has 0 saturated heterocycles. The molecular weight excluding hydrogens is 429 g/mol. The smallest absolute Gasteiger partial charge is 0.340 e. The quantitative estimate of drug-likeness (QED) is 0.484. The Bertz CT molecular complexity index is 1370. The number of halogens is 3. The van der Waals surface area contributed by atoms with E-state index < -0.39 is 21.6 Å². The Balaban J connectivity index is 1.72.